The van der Waals surface area contributed by atoms with Gasteiger partial charge in [-0.2, -0.15) is 0 Å². The van der Waals surface area contributed by atoms with Crippen LogP contribution in [0, 0.1) is 0 Å². The van der Waals surface area contributed by atoms with Crippen molar-refractivity contribution in [3.8, 4) is 0 Å². The van der Waals surface area contributed by atoms with E-state index in [9.17, 15) is 0 Å². The zero-order valence-corrected chi connectivity index (χ0v) is 16.1. The summed E-state index contributed by atoms with van der Waals surface area (Å²) in [4.78, 5) is 6.80. The maximum Gasteiger partial charge on any atom is 0.0645 e. The average molecular weight is 383 g/mol. The van der Waals surface area contributed by atoms with Crippen LogP contribution >= 0.6 is 23.2 Å². The summed E-state index contributed by atoms with van der Waals surface area (Å²) in [5, 5.41) is 1.05. The van der Waals surface area contributed by atoms with Crippen molar-refractivity contribution in [2.24, 2.45) is 4.99 Å². The predicted octanol–water partition coefficient (Wildman–Crippen LogP) is 6.77. The zero-order chi connectivity index (χ0) is 18.4. The van der Waals surface area contributed by atoms with Gasteiger partial charge in [-0.15, -0.1) is 0 Å². The standard InChI is InChI=1S/C22H20Cl2N2/c1-2-26(16-18-6-4-3-5-7-18)20-11-8-17(9-12-20)15-25-19-10-13-21(23)22(24)14-19/h3-15H,2,16H2,1H3. The molecule has 3 aromatic rings. The van der Waals surface area contributed by atoms with Gasteiger partial charge in [0, 0.05) is 25.0 Å². The molecule has 0 aliphatic rings. The van der Waals surface area contributed by atoms with Crippen molar-refractivity contribution in [3.05, 3.63) is 94.0 Å². The average Bonchev–Trinajstić information content (AvgIpc) is 2.68. The van der Waals surface area contributed by atoms with Crippen molar-refractivity contribution in [2.75, 3.05) is 11.4 Å². The van der Waals surface area contributed by atoms with Crippen LogP contribution in [0.4, 0.5) is 11.4 Å². The van der Waals surface area contributed by atoms with Crippen LogP contribution in [-0.2, 0) is 6.54 Å². The van der Waals surface area contributed by atoms with E-state index >= 15 is 0 Å². The van der Waals surface area contributed by atoms with E-state index in [1.165, 1.54) is 11.3 Å². The first-order chi connectivity index (χ1) is 12.7. The number of rotatable bonds is 6. The van der Waals surface area contributed by atoms with Crippen molar-refractivity contribution in [3.63, 3.8) is 0 Å². The molecule has 0 spiro atoms. The molecule has 0 heterocycles. The second-order valence-electron chi connectivity index (χ2n) is 5.95. The first-order valence-electron chi connectivity index (χ1n) is 8.54. The van der Waals surface area contributed by atoms with Gasteiger partial charge in [-0.1, -0.05) is 65.7 Å². The van der Waals surface area contributed by atoms with Crippen LogP contribution in [0.2, 0.25) is 10.0 Å². The van der Waals surface area contributed by atoms with Gasteiger partial charge in [0.2, 0.25) is 0 Å². The van der Waals surface area contributed by atoms with Crippen LogP contribution in [0.25, 0.3) is 0 Å². The molecule has 0 unspecified atom stereocenters. The van der Waals surface area contributed by atoms with Gasteiger partial charge < -0.3 is 4.90 Å². The number of anilines is 1. The number of hydrogen-bond acceptors (Lipinski definition) is 2. The lowest BCUT2D eigenvalue weighted by Gasteiger charge is -2.23. The van der Waals surface area contributed by atoms with Gasteiger partial charge in [-0.3, -0.25) is 4.99 Å². The Balaban J connectivity index is 1.70. The SMILES string of the molecule is CCN(Cc1ccccc1)c1ccc(C=Nc2ccc(Cl)c(Cl)c2)cc1. The molecular weight excluding hydrogens is 363 g/mol. The number of halogens is 2. The van der Waals surface area contributed by atoms with Crippen molar-refractivity contribution in [2.45, 2.75) is 13.5 Å². The Labute approximate surface area is 164 Å². The first kappa shape index (κ1) is 18.5. The highest BCUT2D eigenvalue weighted by molar-refractivity contribution is 6.42. The predicted molar refractivity (Wildman–Crippen MR) is 113 cm³/mol. The van der Waals surface area contributed by atoms with E-state index in [2.05, 4.69) is 65.3 Å². The molecule has 0 aromatic heterocycles. The normalized spacial score (nSPS) is 11.0. The summed E-state index contributed by atoms with van der Waals surface area (Å²) in [6.07, 6.45) is 1.83. The van der Waals surface area contributed by atoms with Crippen molar-refractivity contribution < 1.29 is 0 Å². The summed E-state index contributed by atoms with van der Waals surface area (Å²) in [6, 6.07) is 24.3. The Hall–Kier alpha value is -2.29. The van der Waals surface area contributed by atoms with Gasteiger partial charge in [0.25, 0.3) is 0 Å². The Kier molecular flexibility index (Phi) is 6.32. The Morgan fingerprint density at radius 2 is 1.62 bits per heavy atom. The van der Waals surface area contributed by atoms with Gasteiger partial charge in [-0.05, 0) is 48.4 Å². The Morgan fingerprint density at radius 1 is 0.885 bits per heavy atom. The van der Waals surface area contributed by atoms with E-state index in [0.29, 0.717) is 10.0 Å². The van der Waals surface area contributed by atoms with E-state index in [-0.39, 0.29) is 0 Å². The zero-order valence-electron chi connectivity index (χ0n) is 14.6. The number of aliphatic imine (C=N–C) groups is 1. The smallest absolute Gasteiger partial charge is 0.0645 e. The minimum atomic E-state index is 0.510. The minimum Gasteiger partial charge on any atom is -0.367 e. The van der Waals surface area contributed by atoms with Crippen molar-refractivity contribution in [1.82, 2.24) is 0 Å². The molecule has 0 saturated carbocycles. The Bertz CT molecular complexity index is 874. The van der Waals surface area contributed by atoms with E-state index < -0.39 is 0 Å². The molecule has 3 aromatic carbocycles. The van der Waals surface area contributed by atoms with Gasteiger partial charge in [0.1, 0.15) is 0 Å². The molecule has 0 aliphatic carbocycles. The molecule has 0 aliphatic heterocycles. The molecule has 0 radical (unpaired) electrons. The fraction of sp³-hybridized carbons (Fsp3) is 0.136. The molecule has 0 bridgehead atoms. The van der Waals surface area contributed by atoms with Gasteiger partial charge in [-0.25, -0.2) is 0 Å². The van der Waals surface area contributed by atoms with E-state index in [1.54, 1.807) is 12.1 Å². The van der Waals surface area contributed by atoms with Crippen LogP contribution in [0.15, 0.2) is 77.8 Å². The first-order valence-corrected chi connectivity index (χ1v) is 9.29. The van der Waals surface area contributed by atoms with E-state index in [4.69, 9.17) is 23.2 Å². The third-order valence-corrected chi connectivity index (χ3v) is 4.86. The molecule has 2 nitrogen and oxygen atoms in total. The van der Waals surface area contributed by atoms with Gasteiger partial charge >= 0.3 is 0 Å². The van der Waals surface area contributed by atoms with Crippen LogP contribution in [0.3, 0.4) is 0 Å². The highest BCUT2D eigenvalue weighted by Crippen LogP contribution is 2.26. The van der Waals surface area contributed by atoms with Crippen molar-refractivity contribution in [1.29, 1.82) is 0 Å². The summed E-state index contributed by atoms with van der Waals surface area (Å²) >= 11 is 12.0. The van der Waals surface area contributed by atoms with Crippen LogP contribution in [0.1, 0.15) is 18.1 Å². The lowest BCUT2D eigenvalue weighted by atomic mass is 10.1. The summed E-state index contributed by atoms with van der Waals surface area (Å²) in [5.41, 5.74) is 4.32. The second-order valence-corrected chi connectivity index (χ2v) is 6.76. The quantitative estimate of drug-likeness (QED) is 0.429. The maximum absolute atomic E-state index is 6.02. The largest absolute Gasteiger partial charge is 0.367 e. The fourth-order valence-electron chi connectivity index (χ4n) is 2.68. The van der Waals surface area contributed by atoms with Crippen molar-refractivity contribution >= 4 is 40.8 Å². The molecule has 132 valence electrons. The topological polar surface area (TPSA) is 15.6 Å². The third kappa shape index (κ3) is 4.87. The lowest BCUT2D eigenvalue weighted by Crippen LogP contribution is -2.21. The minimum absolute atomic E-state index is 0.510. The lowest BCUT2D eigenvalue weighted by molar-refractivity contribution is 0.832. The Morgan fingerprint density at radius 3 is 2.27 bits per heavy atom. The maximum atomic E-state index is 6.02. The van der Waals surface area contributed by atoms with Crippen LogP contribution in [-0.4, -0.2) is 12.8 Å². The number of benzene rings is 3. The summed E-state index contributed by atoms with van der Waals surface area (Å²) < 4.78 is 0. The number of hydrogen-bond donors (Lipinski definition) is 0. The van der Waals surface area contributed by atoms with E-state index in [1.807, 2.05) is 18.3 Å². The molecule has 0 atom stereocenters. The van der Waals surface area contributed by atoms with Gasteiger partial charge in [0.15, 0.2) is 0 Å². The molecule has 0 fully saturated rings. The van der Waals surface area contributed by atoms with Crippen LogP contribution < -0.4 is 4.90 Å². The molecule has 4 heteroatoms. The third-order valence-electron chi connectivity index (χ3n) is 4.12. The number of nitrogens with zero attached hydrogens (tertiary/aromatic N) is 2. The molecule has 0 saturated heterocycles. The second kappa shape index (κ2) is 8.88. The van der Waals surface area contributed by atoms with Crippen LogP contribution in [0.5, 0.6) is 0 Å². The molecule has 26 heavy (non-hydrogen) atoms. The summed E-state index contributed by atoms with van der Waals surface area (Å²) in [6.45, 7) is 4.02. The molecule has 0 amide bonds. The van der Waals surface area contributed by atoms with Gasteiger partial charge in [0.05, 0.1) is 15.7 Å². The molecular formula is C22H20Cl2N2. The highest BCUT2D eigenvalue weighted by Gasteiger charge is 2.05. The molecule has 3 rings (SSSR count). The summed E-state index contributed by atoms with van der Waals surface area (Å²) in [7, 11) is 0. The molecule has 0 N–H and O–H groups in total. The highest BCUT2D eigenvalue weighted by atomic mass is 35.5. The monoisotopic (exact) mass is 382 g/mol. The fourth-order valence-corrected chi connectivity index (χ4v) is 2.97. The van der Waals surface area contributed by atoms with E-state index in [0.717, 1.165) is 24.3 Å². The summed E-state index contributed by atoms with van der Waals surface area (Å²) in [5.74, 6) is 0.